The molecule has 0 aromatic carbocycles. The molecule has 0 N–H and O–H groups in total. The van der Waals surface area contributed by atoms with E-state index in [2.05, 4.69) is 16.7 Å². The summed E-state index contributed by atoms with van der Waals surface area (Å²) in [5, 5.41) is 0. The van der Waals surface area contributed by atoms with Gasteiger partial charge in [0.1, 0.15) is 0 Å². The van der Waals surface area contributed by atoms with Crippen LogP contribution in [0.2, 0.25) is 0 Å². The average molecular weight is 368 g/mol. The van der Waals surface area contributed by atoms with E-state index in [4.69, 9.17) is 0 Å². The summed E-state index contributed by atoms with van der Waals surface area (Å²) in [6.07, 6.45) is 6.50. The van der Waals surface area contributed by atoms with Gasteiger partial charge in [0.05, 0.1) is 5.75 Å². The van der Waals surface area contributed by atoms with Gasteiger partial charge in [0, 0.05) is 50.3 Å². The lowest BCUT2D eigenvalue weighted by Gasteiger charge is -2.48. The maximum atomic E-state index is 12.6. The molecule has 0 aromatic heterocycles. The molecule has 25 heavy (non-hydrogen) atoms. The second-order valence-electron chi connectivity index (χ2n) is 7.93. The van der Waals surface area contributed by atoms with Crippen molar-refractivity contribution in [1.82, 2.24) is 14.7 Å². The summed E-state index contributed by atoms with van der Waals surface area (Å²) in [6.45, 7) is 9.02. The molecule has 0 saturated carbocycles. The van der Waals surface area contributed by atoms with Crippen molar-refractivity contribution in [2.24, 2.45) is 5.41 Å². The number of hydrogen-bond donors (Lipinski definition) is 0. The molecule has 0 radical (unpaired) electrons. The van der Waals surface area contributed by atoms with Crippen molar-refractivity contribution in [3.8, 4) is 0 Å². The van der Waals surface area contributed by atoms with Gasteiger partial charge in [0.25, 0.3) is 0 Å². The molecular weight excluding hydrogens is 334 g/mol. The highest BCUT2D eigenvalue weighted by molar-refractivity contribution is 7.99. The SMILES string of the molecule is CCN1C[C@@]2(CCCN(C(=O)CSCCN3CCCC3)C2)CCC1=O. The van der Waals surface area contributed by atoms with Gasteiger partial charge >= 0.3 is 0 Å². The molecule has 1 spiro atoms. The summed E-state index contributed by atoms with van der Waals surface area (Å²) in [7, 11) is 0. The van der Waals surface area contributed by atoms with Crippen LogP contribution in [0.4, 0.5) is 0 Å². The Hall–Kier alpha value is -0.750. The van der Waals surface area contributed by atoms with Crippen LogP contribution in [0.25, 0.3) is 0 Å². The second-order valence-corrected chi connectivity index (χ2v) is 9.03. The number of hydrogen-bond acceptors (Lipinski definition) is 4. The summed E-state index contributed by atoms with van der Waals surface area (Å²) in [5.74, 6) is 2.25. The van der Waals surface area contributed by atoms with Gasteiger partial charge in [-0.2, -0.15) is 11.8 Å². The van der Waals surface area contributed by atoms with Crippen molar-refractivity contribution in [1.29, 1.82) is 0 Å². The first kappa shape index (κ1) is 19.0. The van der Waals surface area contributed by atoms with Gasteiger partial charge in [-0.15, -0.1) is 0 Å². The van der Waals surface area contributed by atoms with E-state index in [9.17, 15) is 9.59 Å². The first-order chi connectivity index (χ1) is 12.1. The predicted octanol–water partition coefficient (Wildman–Crippen LogP) is 2.07. The highest BCUT2D eigenvalue weighted by Crippen LogP contribution is 2.38. The Bertz CT molecular complexity index is 481. The highest BCUT2D eigenvalue weighted by atomic mass is 32.2. The van der Waals surface area contributed by atoms with Crippen LogP contribution < -0.4 is 0 Å². The van der Waals surface area contributed by atoms with Crippen molar-refractivity contribution in [3.05, 3.63) is 0 Å². The third kappa shape index (κ3) is 4.91. The molecule has 3 aliphatic heterocycles. The molecule has 0 unspecified atom stereocenters. The van der Waals surface area contributed by atoms with Crippen LogP contribution >= 0.6 is 11.8 Å². The van der Waals surface area contributed by atoms with Crippen molar-refractivity contribution in [3.63, 3.8) is 0 Å². The van der Waals surface area contributed by atoms with Crippen molar-refractivity contribution in [2.45, 2.75) is 45.4 Å². The molecule has 1 atom stereocenters. The monoisotopic (exact) mass is 367 g/mol. The largest absolute Gasteiger partial charge is 0.342 e. The Morgan fingerprint density at radius 2 is 1.92 bits per heavy atom. The molecule has 142 valence electrons. The van der Waals surface area contributed by atoms with Gasteiger partial charge < -0.3 is 14.7 Å². The molecule has 3 saturated heterocycles. The normalized spacial score (nSPS) is 28.1. The summed E-state index contributed by atoms with van der Waals surface area (Å²) in [6, 6.07) is 0. The fraction of sp³-hybridized carbons (Fsp3) is 0.895. The minimum Gasteiger partial charge on any atom is -0.342 e. The fourth-order valence-corrected chi connectivity index (χ4v) is 5.48. The lowest BCUT2D eigenvalue weighted by molar-refractivity contribution is -0.141. The Labute approximate surface area is 156 Å². The number of likely N-dealkylation sites (tertiary alicyclic amines) is 3. The lowest BCUT2D eigenvalue weighted by atomic mass is 9.73. The molecular formula is C19H33N3O2S. The third-order valence-electron chi connectivity index (χ3n) is 6.12. The van der Waals surface area contributed by atoms with Gasteiger partial charge in [-0.25, -0.2) is 0 Å². The van der Waals surface area contributed by atoms with Gasteiger partial charge in [-0.3, -0.25) is 9.59 Å². The molecule has 3 aliphatic rings. The summed E-state index contributed by atoms with van der Waals surface area (Å²) < 4.78 is 0. The van der Waals surface area contributed by atoms with E-state index in [-0.39, 0.29) is 11.3 Å². The van der Waals surface area contributed by atoms with Crippen LogP contribution in [0, 0.1) is 5.41 Å². The zero-order valence-corrected chi connectivity index (χ0v) is 16.5. The van der Waals surface area contributed by atoms with E-state index in [1.807, 2.05) is 4.90 Å². The van der Waals surface area contributed by atoms with Crippen LogP contribution in [-0.4, -0.2) is 83.8 Å². The summed E-state index contributed by atoms with van der Waals surface area (Å²) >= 11 is 1.78. The Kier molecular flexibility index (Phi) is 6.67. The Balaban J connectivity index is 1.44. The van der Waals surface area contributed by atoms with E-state index >= 15 is 0 Å². The summed E-state index contributed by atoms with van der Waals surface area (Å²) in [5.41, 5.74) is 0.151. The van der Waals surface area contributed by atoms with E-state index in [0.29, 0.717) is 18.1 Å². The van der Waals surface area contributed by atoms with Crippen LogP contribution in [0.3, 0.4) is 0 Å². The van der Waals surface area contributed by atoms with Crippen LogP contribution in [0.5, 0.6) is 0 Å². The molecule has 5 nitrogen and oxygen atoms in total. The van der Waals surface area contributed by atoms with E-state index in [1.54, 1.807) is 11.8 Å². The van der Waals surface area contributed by atoms with Gasteiger partial charge in [-0.1, -0.05) is 0 Å². The average Bonchev–Trinajstić information content (AvgIpc) is 3.14. The molecule has 0 bridgehead atoms. The molecule has 3 heterocycles. The predicted molar refractivity (Wildman–Crippen MR) is 103 cm³/mol. The van der Waals surface area contributed by atoms with Crippen molar-refractivity contribution in [2.75, 3.05) is 57.3 Å². The number of carbonyl (C=O) groups is 2. The number of carbonyl (C=O) groups excluding carboxylic acids is 2. The van der Waals surface area contributed by atoms with Gasteiger partial charge in [0.2, 0.25) is 11.8 Å². The number of nitrogens with zero attached hydrogens (tertiary/aromatic N) is 3. The number of thioether (sulfide) groups is 1. The Morgan fingerprint density at radius 1 is 1.12 bits per heavy atom. The Morgan fingerprint density at radius 3 is 2.68 bits per heavy atom. The van der Waals surface area contributed by atoms with Crippen molar-refractivity contribution < 1.29 is 9.59 Å². The zero-order chi connectivity index (χ0) is 17.7. The number of rotatable bonds is 6. The summed E-state index contributed by atoms with van der Waals surface area (Å²) in [4.78, 5) is 31.2. The van der Waals surface area contributed by atoms with E-state index in [1.165, 1.54) is 25.9 Å². The molecule has 3 fully saturated rings. The molecule has 3 rings (SSSR count). The van der Waals surface area contributed by atoms with Gasteiger partial charge in [0.15, 0.2) is 0 Å². The van der Waals surface area contributed by atoms with E-state index in [0.717, 1.165) is 57.7 Å². The smallest absolute Gasteiger partial charge is 0.232 e. The minimum absolute atomic E-state index is 0.151. The molecule has 0 aliphatic carbocycles. The topological polar surface area (TPSA) is 43.9 Å². The molecule has 2 amide bonds. The lowest BCUT2D eigenvalue weighted by Crippen LogP contribution is -2.55. The zero-order valence-electron chi connectivity index (χ0n) is 15.7. The highest BCUT2D eigenvalue weighted by Gasteiger charge is 2.42. The number of amides is 2. The maximum absolute atomic E-state index is 12.6. The molecule has 0 aromatic rings. The van der Waals surface area contributed by atoms with Crippen molar-refractivity contribution >= 4 is 23.6 Å². The number of piperidine rings is 2. The van der Waals surface area contributed by atoms with Crippen LogP contribution in [0.15, 0.2) is 0 Å². The maximum Gasteiger partial charge on any atom is 0.232 e. The van der Waals surface area contributed by atoms with Crippen LogP contribution in [-0.2, 0) is 9.59 Å². The fourth-order valence-electron chi connectivity index (χ4n) is 4.60. The first-order valence-electron chi connectivity index (χ1n) is 9.97. The quantitative estimate of drug-likeness (QED) is 0.674. The van der Waals surface area contributed by atoms with E-state index < -0.39 is 0 Å². The third-order valence-corrected chi connectivity index (χ3v) is 7.04. The first-order valence-corrected chi connectivity index (χ1v) is 11.1. The van der Waals surface area contributed by atoms with Crippen LogP contribution in [0.1, 0.15) is 45.4 Å². The standard InChI is InChI=1S/C19H33N3O2S/c1-2-21-15-19(8-6-17(21)23)7-5-11-22(16-19)18(24)14-25-13-12-20-9-3-4-10-20/h2-16H2,1H3/t19-/m1/s1. The second kappa shape index (κ2) is 8.76. The minimum atomic E-state index is 0.151. The van der Waals surface area contributed by atoms with Gasteiger partial charge in [-0.05, 0) is 52.1 Å². The molecule has 6 heteroatoms.